The summed E-state index contributed by atoms with van der Waals surface area (Å²) in [5.74, 6) is -0.405. The van der Waals surface area contributed by atoms with Gasteiger partial charge in [0.25, 0.3) is 5.91 Å². The largest absolute Gasteiger partial charge is 0.504 e. The molecule has 1 aromatic carbocycles. The number of rotatable bonds is 17. The van der Waals surface area contributed by atoms with Gasteiger partial charge in [-0.3, -0.25) is 14.4 Å². The van der Waals surface area contributed by atoms with Crippen molar-refractivity contribution in [2.75, 3.05) is 65.3 Å². The number of methoxy groups -OCH3 is 1. The summed E-state index contributed by atoms with van der Waals surface area (Å²) in [5.41, 5.74) is 1.76. The molecule has 0 saturated carbocycles. The molecular formula is C37H61N3O9. The molecule has 49 heavy (non-hydrogen) atoms. The van der Waals surface area contributed by atoms with E-state index in [1.165, 1.54) is 44.3 Å². The number of aromatic nitrogens is 2. The Kier molecular flexibility index (Phi) is 34.0. The lowest BCUT2D eigenvalue weighted by Crippen LogP contribution is -2.14. The summed E-state index contributed by atoms with van der Waals surface area (Å²) in [6.45, 7) is 25.5. The number of allylic oxidation sites excluding steroid dienone is 1. The SMILES string of the molecule is C=CC(C)=O.CC.CC.CC.CC.COCCOCCOCCOCCOc1cc(C(=O)Nc2cnc3[nH]c(C(C)=O)cc3c2)ccc1O. The molecule has 12 nitrogen and oxygen atoms in total. The lowest BCUT2D eigenvalue weighted by Gasteiger charge is -2.11. The van der Waals surface area contributed by atoms with Gasteiger partial charge in [0, 0.05) is 25.0 Å². The lowest BCUT2D eigenvalue weighted by molar-refractivity contribution is -0.112. The maximum absolute atomic E-state index is 12.7. The van der Waals surface area contributed by atoms with Crippen LogP contribution in [0.2, 0.25) is 0 Å². The number of ether oxygens (including phenoxy) is 5. The summed E-state index contributed by atoms with van der Waals surface area (Å²) >= 11 is 0. The molecule has 3 N–H and O–H groups in total. The van der Waals surface area contributed by atoms with Crippen LogP contribution in [-0.2, 0) is 23.7 Å². The fraction of sp³-hybridized carbons (Fsp3) is 0.514. The Hall–Kier alpha value is -4.10. The number of H-pyrrole nitrogens is 1. The molecule has 1 amide bonds. The number of pyridine rings is 1. The zero-order valence-corrected chi connectivity index (χ0v) is 31.6. The number of aromatic hydroxyl groups is 1. The number of amides is 1. The van der Waals surface area contributed by atoms with Crippen LogP contribution >= 0.6 is 0 Å². The minimum absolute atomic E-state index is 0.0185. The monoisotopic (exact) mass is 691 g/mol. The summed E-state index contributed by atoms with van der Waals surface area (Å²) in [7, 11) is 1.62. The molecule has 0 radical (unpaired) electrons. The first-order chi connectivity index (χ1) is 23.7. The van der Waals surface area contributed by atoms with E-state index >= 15 is 0 Å². The molecule has 0 atom stereocenters. The number of nitrogens with zero attached hydrogens (tertiary/aromatic N) is 1. The summed E-state index contributed by atoms with van der Waals surface area (Å²) in [6.07, 6.45) is 2.77. The number of phenols is 1. The number of Topliss-reactive ketones (excluding diaryl/α,β-unsaturated/α-hetero) is 1. The van der Waals surface area contributed by atoms with E-state index in [9.17, 15) is 19.5 Å². The molecule has 3 aromatic rings. The molecule has 0 bridgehead atoms. The van der Waals surface area contributed by atoms with Gasteiger partial charge in [-0.15, -0.1) is 0 Å². The third-order valence-electron chi connectivity index (χ3n) is 5.28. The highest BCUT2D eigenvalue weighted by Gasteiger charge is 2.13. The van der Waals surface area contributed by atoms with Crippen LogP contribution in [0.25, 0.3) is 11.0 Å². The number of ketones is 2. The predicted octanol–water partition coefficient (Wildman–Crippen LogP) is 7.66. The normalized spacial score (nSPS) is 9.29. The third-order valence-corrected chi connectivity index (χ3v) is 5.28. The van der Waals surface area contributed by atoms with Gasteiger partial charge in [0.05, 0.1) is 63.8 Å². The van der Waals surface area contributed by atoms with Gasteiger partial charge in [0.15, 0.2) is 23.1 Å². The quantitative estimate of drug-likeness (QED) is 0.0729. The van der Waals surface area contributed by atoms with Crippen LogP contribution in [-0.4, -0.2) is 92.5 Å². The summed E-state index contributed by atoms with van der Waals surface area (Å²) in [4.78, 5) is 41.1. The first-order valence-corrected chi connectivity index (χ1v) is 16.9. The predicted molar refractivity (Wildman–Crippen MR) is 198 cm³/mol. The van der Waals surface area contributed by atoms with E-state index in [-0.39, 0.29) is 36.3 Å². The topological polar surface area (TPSA) is 158 Å². The van der Waals surface area contributed by atoms with Crippen LogP contribution in [0.15, 0.2) is 49.2 Å². The molecule has 0 unspecified atom stereocenters. The van der Waals surface area contributed by atoms with E-state index in [0.29, 0.717) is 67.6 Å². The summed E-state index contributed by atoms with van der Waals surface area (Å²) < 4.78 is 26.6. The smallest absolute Gasteiger partial charge is 0.255 e. The van der Waals surface area contributed by atoms with Crippen molar-refractivity contribution in [2.24, 2.45) is 0 Å². The number of hydrogen-bond donors (Lipinski definition) is 3. The Labute approximate surface area is 293 Å². The van der Waals surface area contributed by atoms with Crippen LogP contribution in [0, 0.1) is 0 Å². The van der Waals surface area contributed by atoms with Crippen molar-refractivity contribution in [3.63, 3.8) is 0 Å². The van der Waals surface area contributed by atoms with Crippen molar-refractivity contribution in [3.8, 4) is 11.5 Å². The maximum Gasteiger partial charge on any atom is 0.255 e. The highest BCUT2D eigenvalue weighted by Crippen LogP contribution is 2.27. The van der Waals surface area contributed by atoms with E-state index in [2.05, 4.69) is 21.9 Å². The zero-order chi connectivity index (χ0) is 38.0. The Bertz CT molecular complexity index is 1290. The van der Waals surface area contributed by atoms with Crippen LogP contribution < -0.4 is 10.1 Å². The number of fused-ring (bicyclic) bond motifs is 1. The summed E-state index contributed by atoms with van der Waals surface area (Å²) in [6, 6.07) is 7.73. The van der Waals surface area contributed by atoms with E-state index in [1.54, 1.807) is 19.2 Å². The standard InChI is InChI=1S/C25H31N3O8.C4H6O.4C2H6/c1-17(29)21-14-19-13-20(16-26-24(19)28-21)27-25(31)18-3-4-22(30)23(15-18)36-12-11-35-10-9-34-8-7-33-6-5-32-2;1-3-4(2)5;4*1-2/h3-4,13-16,30H,5-12H2,1-2H3,(H,26,28)(H,27,31);3H,1H2,2H3;4*1-2H3. The number of phenolic OH excluding ortho intramolecular Hbond substituents is 1. The molecule has 0 aliphatic heterocycles. The number of benzene rings is 1. The first kappa shape index (κ1) is 49.3. The third kappa shape index (κ3) is 23.0. The molecule has 278 valence electrons. The Morgan fingerprint density at radius 2 is 1.33 bits per heavy atom. The van der Waals surface area contributed by atoms with E-state index in [1.807, 2.05) is 55.4 Å². The first-order valence-electron chi connectivity index (χ1n) is 16.9. The average Bonchev–Trinajstić information content (AvgIpc) is 3.57. The van der Waals surface area contributed by atoms with E-state index in [4.69, 9.17) is 23.7 Å². The van der Waals surface area contributed by atoms with Crippen molar-refractivity contribution in [3.05, 3.63) is 60.4 Å². The molecule has 3 rings (SSSR count). The number of aromatic amines is 1. The van der Waals surface area contributed by atoms with Gasteiger partial charge in [-0.1, -0.05) is 62.0 Å². The minimum Gasteiger partial charge on any atom is -0.504 e. The Morgan fingerprint density at radius 3 is 1.82 bits per heavy atom. The van der Waals surface area contributed by atoms with E-state index in [0.717, 1.165) is 0 Å². The average molecular weight is 692 g/mol. The number of hydrogen-bond acceptors (Lipinski definition) is 10. The van der Waals surface area contributed by atoms with Gasteiger partial charge < -0.3 is 39.1 Å². The number of anilines is 1. The van der Waals surface area contributed by atoms with Crippen LogP contribution in [0.1, 0.15) is 90.1 Å². The molecule has 2 heterocycles. The van der Waals surface area contributed by atoms with Crippen molar-refractivity contribution in [1.82, 2.24) is 9.97 Å². The minimum atomic E-state index is -0.400. The van der Waals surface area contributed by atoms with Crippen LogP contribution in [0.5, 0.6) is 11.5 Å². The fourth-order valence-electron chi connectivity index (χ4n) is 3.14. The van der Waals surface area contributed by atoms with Crippen LogP contribution in [0.4, 0.5) is 5.69 Å². The van der Waals surface area contributed by atoms with Crippen molar-refractivity contribution in [1.29, 1.82) is 0 Å². The molecule has 0 aliphatic carbocycles. The van der Waals surface area contributed by atoms with Gasteiger partial charge in [0.2, 0.25) is 0 Å². The van der Waals surface area contributed by atoms with Crippen LogP contribution in [0.3, 0.4) is 0 Å². The number of nitrogens with one attached hydrogen (secondary N) is 2. The second kappa shape index (κ2) is 33.8. The van der Waals surface area contributed by atoms with Gasteiger partial charge in [-0.25, -0.2) is 4.98 Å². The molecule has 0 fully saturated rings. The summed E-state index contributed by atoms with van der Waals surface area (Å²) in [5, 5.41) is 13.5. The molecule has 0 spiro atoms. The zero-order valence-electron chi connectivity index (χ0n) is 31.6. The Morgan fingerprint density at radius 1 is 0.816 bits per heavy atom. The second-order valence-corrected chi connectivity index (χ2v) is 8.53. The fourth-order valence-corrected chi connectivity index (χ4v) is 3.14. The van der Waals surface area contributed by atoms with Crippen molar-refractivity contribution in [2.45, 2.75) is 69.2 Å². The molecular weight excluding hydrogens is 630 g/mol. The van der Waals surface area contributed by atoms with Gasteiger partial charge in [-0.2, -0.15) is 0 Å². The van der Waals surface area contributed by atoms with E-state index < -0.39 is 5.91 Å². The van der Waals surface area contributed by atoms with Gasteiger partial charge in [-0.05, 0) is 43.3 Å². The maximum atomic E-state index is 12.7. The molecule has 12 heteroatoms. The van der Waals surface area contributed by atoms with Gasteiger partial charge >= 0.3 is 0 Å². The second-order valence-electron chi connectivity index (χ2n) is 8.53. The lowest BCUT2D eigenvalue weighted by atomic mass is 10.2. The van der Waals surface area contributed by atoms with Gasteiger partial charge in [0.1, 0.15) is 12.3 Å². The van der Waals surface area contributed by atoms with Crippen molar-refractivity contribution >= 4 is 34.2 Å². The number of carbonyl (C=O) groups excluding carboxylic acids is 3. The molecule has 0 saturated heterocycles. The highest BCUT2D eigenvalue weighted by molar-refractivity contribution is 6.05. The molecule has 0 aliphatic rings. The van der Waals surface area contributed by atoms with Crippen molar-refractivity contribution < 1.29 is 43.2 Å². The highest BCUT2D eigenvalue weighted by atomic mass is 16.6. The number of carbonyl (C=O) groups is 3. The Balaban J connectivity index is -0.00000143. The molecule has 2 aromatic heterocycles.